The highest BCUT2D eigenvalue weighted by Crippen LogP contribution is 2.55. The van der Waals surface area contributed by atoms with Crippen molar-refractivity contribution < 1.29 is 4.74 Å². The number of fused-ring (bicyclic) bond motifs is 4. The van der Waals surface area contributed by atoms with Crippen molar-refractivity contribution in [2.75, 3.05) is 0 Å². The van der Waals surface area contributed by atoms with E-state index in [1.807, 2.05) is 12.1 Å². The molecule has 0 fully saturated rings. The molecule has 2 aliphatic rings. The van der Waals surface area contributed by atoms with E-state index in [0.717, 1.165) is 11.5 Å². The Morgan fingerprint density at radius 3 is 1.44 bits per heavy atom. The van der Waals surface area contributed by atoms with E-state index >= 15 is 0 Å². The summed E-state index contributed by atoms with van der Waals surface area (Å²) < 4.78 is 6.13. The van der Waals surface area contributed by atoms with Gasteiger partial charge in [0, 0.05) is 16.7 Å². The van der Waals surface area contributed by atoms with Gasteiger partial charge in [-0.25, -0.2) is 0 Å². The summed E-state index contributed by atoms with van der Waals surface area (Å²) in [4.78, 5) is 0. The monoisotopic (exact) mass is 318 g/mol. The van der Waals surface area contributed by atoms with Gasteiger partial charge in [-0.05, 0) is 51.7 Å². The third kappa shape index (κ3) is 1.78. The van der Waals surface area contributed by atoms with Gasteiger partial charge in [0.1, 0.15) is 11.5 Å². The van der Waals surface area contributed by atoms with E-state index in [1.54, 1.807) is 0 Å². The second-order valence-electron chi connectivity index (χ2n) is 6.59. The van der Waals surface area contributed by atoms with Crippen LogP contribution in [0, 0.1) is 0 Å². The van der Waals surface area contributed by atoms with Crippen molar-refractivity contribution in [3.8, 4) is 11.5 Å². The standard InChI is InChI=1S/C24H14O/c1-2-8-16-14-20-19(13-15(16)7-1)24(20)23-17-9-3-5-11-21(17)25-22-12-6-4-10-18(22)23/h1-14H. The Morgan fingerprint density at radius 1 is 0.440 bits per heavy atom. The van der Waals surface area contributed by atoms with Gasteiger partial charge in [-0.15, -0.1) is 0 Å². The topological polar surface area (TPSA) is 9.23 Å². The van der Waals surface area contributed by atoms with Crippen LogP contribution < -0.4 is 4.74 Å². The lowest BCUT2D eigenvalue weighted by molar-refractivity contribution is 0.474. The molecule has 25 heavy (non-hydrogen) atoms. The minimum atomic E-state index is 0.936. The summed E-state index contributed by atoms with van der Waals surface area (Å²) in [5, 5.41) is 2.59. The minimum absolute atomic E-state index is 0.936. The molecule has 4 aromatic carbocycles. The van der Waals surface area contributed by atoms with E-state index in [2.05, 4.69) is 72.8 Å². The van der Waals surface area contributed by atoms with Crippen LogP contribution in [0.3, 0.4) is 0 Å². The summed E-state index contributed by atoms with van der Waals surface area (Å²) >= 11 is 0. The Balaban J connectivity index is 1.68. The molecule has 0 amide bonds. The zero-order chi connectivity index (χ0) is 16.4. The first-order valence-corrected chi connectivity index (χ1v) is 8.54. The fraction of sp³-hybridized carbons (Fsp3) is 0. The van der Waals surface area contributed by atoms with Crippen LogP contribution in [0.4, 0.5) is 0 Å². The van der Waals surface area contributed by atoms with Crippen LogP contribution in [0.2, 0.25) is 0 Å². The maximum atomic E-state index is 6.13. The van der Waals surface area contributed by atoms with Crippen molar-refractivity contribution in [2.24, 2.45) is 0 Å². The van der Waals surface area contributed by atoms with Crippen LogP contribution in [0.15, 0.2) is 84.9 Å². The van der Waals surface area contributed by atoms with Gasteiger partial charge in [-0.1, -0.05) is 60.7 Å². The van der Waals surface area contributed by atoms with Gasteiger partial charge in [0.2, 0.25) is 0 Å². The molecule has 0 atom stereocenters. The Hall–Kier alpha value is -3.32. The molecule has 0 saturated heterocycles. The molecule has 0 N–H and O–H groups in total. The van der Waals surface area contributed by atoms with Gasteiger partial charge in [0.15, 0.2) is 0 Å². The van der Waals surface area contributed by atoms with E-state index < -0.39 is 0 Å². The average Bonchev–Trinajstić information content (AvgIpc) is 3.36. The average molecular weight is 318 g/mol. The first kappa shape index (κ1) is 13.0. The molecule has 0 radical (unpaired) electrons. The molecule has 1 heteroatoms. The van der Waals surface area contributed by atoms with Crippen LogP contribution in [-0.2, 0) is 0 Å². The van der Waals surface area contributed by atoms with Gasteiger partial charge >= 0.3 is 0 Å². The second kappa shape index (κ2) is 4.61. The molecule has 116 valence electrons. The molecule has 1 aliphatic heterocycles. The zero-order valence-electron chi connectivity index (χ0n) is 13.5. The minimum Gasteiger partial charge on any atom is -0.456 e. The highest BCUT2D eigenvalue weighted by molar-refractivity contribution is 6.19. The van der Waals surface area contributed by atoms with Crippen molar-refractivity contribution in [2.45, 2.75) is 0 Å². The molecule has 1 nitrogen and oxygen atoms in total. The van der Waals surface area contributed by atoms with E-state index in [9.17, 15) is 0 Å². The number of ether oxygens (including phenoxy) is 1. The Kier molecular flexibility index (Phi) is 2.40. The Bertz CT molecular complexity index is 1120. The number of hydrogen-bond donors (Lipinski definition) is 0. The summed E-state index contributed by atoms with van der Waals surface area (Å²) in [5.41, 5.74) is 7.73. The summed E-state index contributed by atoms with van der Waals surface area (Å²) in [5.74, 6) is 1.87. The number of rotatable bonds is 0. The van der Waals surface area contributed by atoms with E-state index in [0.29, 0.717) is 0 Å². The van der Waals surface area contributed by atoms with Gasteiger partial charge < -0.3 is 4.74 Å². The normalized spacial score (nSPS) is 13.8. The summed E-state index contributed by atoms with van der Waals surface area (Å²) in [6, 6.07) is 29.8. The van der Waals surface area contributed by atoms with Gasteiger partial charge in [-0.3, -0.25) is 0 Å². The van der Waals surface area contributed by atoms with Crippen LogP contribution in [0.25, 0.3) is 21.9 Å². The highest BCUT2D eigenvalue weighted by Gasteiger charge is 2.34. The molecule has 0 unspecified atom stereocenters. The molecular formula is C24H14O. The van der Waals surface area contributed by atoms with Crippen LogP contribution in [-0.4, -0.2) is 0 Å². The van der Waals surface area contributed by atoms with E-state index in [1.165, 1.54) is 44.2 Å². The lowest BCUT2D eigenvalue weighted by Gasteiger charge is -2.22. The first-order chi connectivity index (χ1) is 12.4. The quantitative estimate of drug-likeness (QED) is 0.321. The lowest BCUT2D eigenvalue weighted by atomic mass is 9.92. The largest absolute Gasteiger partial charge is 0.456 e. The second-order valence-corrected chi connectivity index (χ2v) is 6.59. The van der Waals surface area contributed by atoms with Crippen LogP contribution in [0.1, 0.15) is 22.3 Å². The van der Waals surface area contributed by atoms with E-state index in [4.69, 9.17) is 4.74 Å². The molecule has 1 heterocycles. The van der Waals surface area contributed by atoms with Crippen LogP contribution >= 0.6 is 0 Å². The third-order valence-electron chi connectivity index (χ3n) is 5.14. The van der Waals surface area contributed by atoms with Gasteiger partial charge in [0.25, 0.3) is 0 Å². The molecule has 0 spiro atoms. The number of benzene rings is 4. The molecule has 1 aliphatic carbocycles. The zero-order valence-corrected chi connectivity index (χ0v) is 13.5. The lowest BCUT2D eigenvalue weighted by Crippen LogP contribution is -2.01. The maximum Gasteiger partial charge on any atom is 0.135 e. The van der Waals surface area contributed by atoms with E-state index in [-0.39, 0.29) is 0 Å². The van der Waals surface area contributed by atoms with Crippen molar-refractivity contribution >= 4 is 21.9 Å². The van der Waals surface area contributed by atoms with Gasteiger partial charge in [-0.2, -0.15) is 0 Å². The van der Waals surface area contributed by atoms with Crippen molar-refractivity contribution in [1.29, 1.82) is 0 Å². The summed E-state index contributed by atoms with van der Waals surface area (Å²) in [6.45, 7) is 0. The smallest absolute Gasteiger partial charge is 0.135 e. The Labute approximate surface area is 145 Å². The maximum absolute atomic E-state index is 6.13. The van der Waals surface area contributed by atoms with Crippen molar-refractivity contribution in [1.82, 2.24) is 0 Å². The number of hydrogen-bond acceptors (Lipinski definition) is 1. The molecule has 0 aromatic heterocycles. The van der Waals surface area contributed by atoms with Gasteiger partial charge in [0.05, 0.1) is 0 Å². The first-order valence-electron chi connectivity index (χ1n) is 8.54. The molecule has 4 aromatic rings. The summed E-state index contributed by atoms with van der Waals surface area (Å²) in [7, 11) is 0. The van der Waals surface area contributed by atoms with Crippen molar-refractivity contribution in [3.63, 3.8) is 0 Å². The van der Waals surface area contributed by atoms with Crippen molar-refractivity contribution in [3.05, 3.63) is 107 Å². The summed E-state index contributed by atoms with van der Waals surface area (Å²) in [6.07, 6.45) is 0. The fourth-order valence-corrected chi connectivity index (χ4v) is 3.93. The molecule has 0 bridgehead atoms. The molecule has 6 rings (SSSR count). The molecule has 0 saturated carbocycles. The number of para-hydroxylation sites is 2. The molecular weight excluding hydrogens is 304 g/mol. The predicted octanol–water partition coefficient (Wildman–Crippen LogP) is 6.27. The highest BCUT2D eigenvalue weighted by atomic mass is 16.5. The predicted molar refractivity (Wildman–Crippen MR) is 102 cm³/mol. The third-order valence-corrected chi connectivity index (χ3v) is 5.14. The SMILES string of the molecule is c1ccc2c(c1)Oc1ccccc1C2=C1c2cc3ccccc3cc21. The van der Waals surface area contributed by atoms with Crippen LogP contribution in [0.5, 0.6) is 11.5 Å². The fourth-order valence-electron chi connectivity index (χ4n) is 3.93. The Morgan fingerprint density at radius 2 is 0.880 bits per heavy atom.